The Hall–Kier alpha value is -3.02. The summed E-state index contributed by atoms with van der Waals surface area (Å²) in [6, 6.07) is 24.0. The van der Waals surface area contributed by atoms with Crippen molar-refractivity contribution < 1.29 is 14.3 Å². The third-order valence-corrected chi connectivity index (χ3v) is 7.61. The van der Waals surface area contributed by atoms with Crippen molar-refractivity contribution in [1.29, 1.82) is 0 Å². The third-order valence-electron chi connectivity index (χ3n) is 7.11. The van der Waals surface area contributed by atoms with E-state index in [1.807, 2.05) is 66.7 Å². The average Bonchev–Trinajstić information content (AvgIpc) is 2.96. The number of ether oxygens (including phenoxy) is 1. The lowest BCUT2D eigenvalue weighted by molar-refractivity contribution is -0.141. The number of carbonyl (C=O) groups is 2. The van der Waals surface area contributed by atoms with Crippen molar-refractivity contribution in [3.05, 3.63) is 100 Å². The Morgan fingerprint density at radius 1 is 0.846 bits per heavy atom. The molecule has 2 amide bonds. The smallest absolute Gasteiger partial charge is 0.243 e. The fraction of sp³-hybridized carbons (Fsp3) is 0.375. The zero-order chi connectivity index (χ0) is 27.5. The lowest BCUT2D eigenvalue weighted by Crippen LogP contribution is -2.52. The number of amides is 2. The fourth-order valence-electron chi connectivity index (χ4n) is 4.97. The van der Waals surface area contributed by atoms with E-state index < -0.39 is 6.04 Å². The molecule has 206 valence electrons. The summed E-state index contributed by atoms with van der Waals surface area (Å²) in [5.74, 6) is 0.536. The molecule has 5 nitrogen and oxygen atoms in total. The van der Waals surface area contributed by atoms with E-state index in [0.717, 1.165) is 36.8 Å². The van der Waals surface area contributed by atoms with Crippen LogP contribution in [0.5, 0.6) is 5.75 Å². The molecule has 39 heavy (non-hydrogen) atoms. The number of rotatable bonds is 12. The van der Waals surface area contributed by atoms with Gasteiger partial charge in [-0.25, -0.2) is 0 Å². The highest BCUT2D eigenvalue weighted by Gasteiger charge is 2.31. The molecule has 7 heteroatoms. The molecule has 0 saturated heterocycles. The van der Waals surface area contributed by atoms with E-state index >= 15 is 0 Å². The van der Waals surface area contributed by atoms with E-state index in [2.05, 4.69) is 5.32 Å². The molecule has 0 spiro atoms. The highest BCUT2D eigenvalue weighted by Crippen LogP contribution is 2.21. The Kier molecular flexibility index (Phi) is 11.1. The van der Waals surface area contributed by atoms with Gasteiger partial charge >= 0.3 is 0 Å². The van der Waals surface area contributed by atoms with Gasteiger partial charge in [-0.15, -0.1) is 0 Å². The van der Waals surface area contributed by atoms with Crippen molar-refractivity contribution >= 4 is 35.0 Å². The van der Waals surface area contributed by atoms with E-state index in [1.54, 1.807) is 17.0 Å². The zero-order valence-corrected chi connectivity index (χ0v) is 23.7. The minimum absolute atomic E-state index is 0.0793. The second-order valence-corrected chi connectivity index (χ2v) is 11.0. The predicted molar refractivity (Wildman–Crippen MR) is 157 cm³/mol. The monoisotopic (exact) mass is 566 g/mol. The Labute approximate surface area is 241 Å². The molecule has 1 N–H and O–H groups in total. The first-order valence-electron chi connectivity index (χ1n) is 13.7. The van der Waals surface area contributed by atoms with Gasteiger partial charge in [0.15, 0.2) is 0 Å². The molecule has 1 aliphatic carbocycles. The molecular formula is C32H36Cl2N2O3. The maximum Gasteiger partial charge on any atom is 0.243 e. The summed E-state index contributed by atoms with van der Waals surface area (Å²) in [6.07, 6.45) is 6.65. The Bertz CT molecular complexity index is 1180. The second kappa shape index (κ2) is 14.9. The number of benzene rings is 3. The normalized spacial score (nSPS) is 14.4. The topological polar surface area (TPSA) is 58.6 Å². The summed E-state index contributed by atoms with van der Waals surface area (Å²) in [4.78, 5) is 29.3. The third kappa shape index (κ3) is 9.29. The van der Waals surface area contributed by atoms with Gasteiger partial charge in [-0.05, 0) is 66.8 Å². The Morgan fingerprint density at radius 2 is 1.49 bits per heavy atom. The molecule has 1 atom stereocenters. The van der Waals surface area contributed by atoms with Crippen molar-refractivity contribution in [2.75, 3.05) is 6.61 Å². The molecule has 4 rings (SSSR count). The highest BCUT2D eigenvalue weighted by atomic mass is 35.5. The first-order chi connectivity index (χ1) is 19.0. The van der Waals surface area contributed by atoms with Crippen LogP contribution in [-0.4, -0.2) is 35.4 Å². The van der Waals surface area contributed by atoms with Crippen LogP contribution < -0.4 is 10.1 Å². The van der Waals surface area contributed by atoms with Gasteiger partial charge in [-0.1, -0.05) is 84.9 Å². The molecule has 1 aliphatic rings. The largest absolute Gasteiger partial charge is 0.494 e. The summed E-state index contributed by atoms with van der Waals surface area (Å²) in [7, 11) is 0. The van der Waals surface area contributed by atoms with Crippen LogP contribution in [-0.2, 0) is 22.6 Å². The van der Waals surface area contributed by atoms with E-state index in [4.69, 9.17) is 27.9 Å². The number of carbonyl (C=O) groups excluding carboxylic acids is 2. The van der Waals surface area contributed by atoms with Crippen LogP contribution in [0.3, 0.4) is 0 Å². The van der Waals surface area contributed by atoms with Crippen molar-refractivity contribution in [3.8, 4) is 5.75 Å². The molecule has 0 aromatic heterocycles. The summed E-state index contributed by atoms with van der Waals surface area (Å²) in [5, 5.41) is 4.55. The van der Waals surface area contributed by atoms with Gasteiger partial charge in [0.2, 0.25) is 11.8 Å². The minimum Gasteiger partial charge on any atom is -0.494 e. The van der Waals surface area contributed by atoms with Crippen LogP contribution in [0.1, 0.15) is 56.1 Å². The minimum atomic E-state index is -0.630. The standard InChI is InChI=1S/C32H36Cl2N2O3/c33-26-15-13-25(14-16-26)23-36(31(37)12-7-21-39-29-19-17-27(34)18-20-29)30(22-24-8-3-1-4-9-24)32(38)35-28-10-5-2-6-11-28/h1,3-4,8-9,13-20,28,30H,2,5-7,10-12,21-23H2,(H,35,38). The number of hydrogen-bond acceptors (Lipinski definition) is 3. The van der Waals surface area contributed by atoms with Crippen LogP contribution in [0.2, 0.25) is 10.0 Å². The quantitative estimate of drug-likeness (QED) is 0.235. The highest BCUT2D eigenvalue weighted by molar-refractivity contribution is 6.30. The van der Waals surface area contributed by atoms with Gasteiger partial charge in [0.25, 0.3) is 0 Å². The zero-order valence-electron chi connectivity index (χ0n) is 22.2. The number of nitrogens with one attached hydrogen (secondary N) is 1. The van der Waals surface area contributed by atoms with Gasteiger partial charge in [-0.2, -0.15) is 0 Å². The van der Waals surface area contributed by atoms with Gasteiger partial charge in [-0.3, -0.25) is 9.59 Å². The molecular weight excluding hydrogens is 531 g/mol. The van der Waals surface area contributed by atoms with Crippen molar-refractivity contribution in [1.82, 2.24) is 10.2 Å². The first-order valence-corrected chi connectivity index (χ1v) is 14.5. The lowest BCUT2D eigenvalue weighted by atomic mass is 9.94. The molecule has 1 saturated carbocycles. The van der Waals surface area contributed by atoms with Gasteiger partial charge in [0.1, 0.15) is 11.8 Å². The van der Waals surface area contributed by atoms with Gasteiger partial charge in [0, 0.05) is 35.5 Å². The van der Waals surface area contributed by atoms with Crippen LogP contribution in [0, 0.1) is 0 Å². The van der Waals surface area contributed by atoms with E-state index in [9.17, 15) is 9.59 Å². The van der Waals surface area contributed by atoms with E-state index in [1.165, 1.54) is 6.42 Å². The summed E-state index contributed by atoms with van der Waals surface area (Å²) in [5.41, 5.74) is 1.94. The van der Waals surface area contributed by atoms with Crippen molar-refractivity contribution in [3.63, 3.8) is 0 Å². The molecule has 0 bridgehead atoms. The van der Waals surface area contributed by atoms with Crippen LogP contribution in [0.15, 0.2) is 78.9 Å². The second-order valence-electron chi connectivity index (χ2n) is 10.1. The maximum atomic E-state index is 13.8. The molecule has 3 aromatic rings. The first kappa shape index (κ1) is 29.0. The average molecular weight is 568 g/mol. The Balaban J connectivity index is 1.51. The SMILES string of the molecule is O=C(NC1CCCCC1)C(Cc1ccccc1)N(Cc1ccc(Cl)cc1)C(=O)CCCOc1ccc(Cl)cc1. The van der Waals surface area contributed by atoms with Crippen LogP contribution in [0.4, 0.5) is 0 Å². The van der Waals surface area contributed by atoms with Crippen LogP contribution >= 0.6 is 23.2 Å². The van der Waals surface area contributed by atoms with Crippen LogP contribution in [0.25, 0.3) is 0 Å². The number of hydrogen-bond donors (Lipinski definition) is 1. The van der Waals surface area contributed by atoms with E-state index in [0.29, 0.717) is 41.8 Å². The molecule has 3 aromatic carbocycles. The van der Waals surface area contributed by atoms with Gasteiger partial charge < -0.3 is 15.0 Å². The number of nitrogens with zero attached hydrogens (tertiary/aromatic N) is 1. The molecule has 1 unspecified atom stereocenters. The molecule has 0 heterocycles. The fourth-order valence-corrected chi connectivity index (χ4v) is 5.22. The summed E-state index contributed by atoms with van der Waals surface area (Å²) in [6.45, 7) is 0.712. The Morgan fingerprint density at radius 3 is 2.15 bits per heavy atom. The maximum absolute atomic E-state index is 13.8. The number of halogens is 2. The lowest BCUT2D eigenvalue weighted by Gasteiger charge is -2.33. The predicted octanol–water partition coefficient (Wildman–Crippen LogP) is 7.24. The molecule has 1 fully saturated rings. The van der Waals surface area contributed by atoms with Gasteiger partial charge in [0.05, 0.1) is 6.61 Å². The summed E-state index contributed by atoms with van der Waals surface area (Å²) >= 11 is 12.1. The molecule has 0 radical (unpaired) electrons. The molecule has 0 aliphatic heterocycles. The summed E-state index contributed by atoms with van der Waals surface area (Å²) < 4.78 is 5.80. The van der Waals surface area contributed by atoms with Crippen molar-refractivity contribution in [2.45, 2.75) is 70.0 Å². The van der Waals surface area contributed by atoms with Crippen molar-refractivity contribution in [2.24, 2.45) is 0 Å². The van der Waals surface area contributed by atoms with E-state index in [-0.39, 0.29) is 24.3 Å².